The van der Waals surface area contributed by atoms with Crippen molar-refractivity contribution in [2.75, 3.05) is 6.54 Å². The Bertz CT molecular complexity index is 1000. The molecule has 0 N–H and O–H groups in total. The van der Waals surface area contributed by atoms with Crippen LogP contribution in [0.5, 0.6) is 0 Å². The van der Waals surface area contributed by atoms with E-state index in [0.717, 1.165) is 18.4 Å². The molecule has 3 aromatic carbocycles. The van der Waals surface area contributed by atoms with Crippen LogP contribution in [0.1, 0.15) is 43.4 Å². The molecule has 1 fully saturated rings. The van der Waals surface area contributed by atoms with Gasteiger partial charge in [-0.15, -0.1) is 0 Å². The first-order valence-corrected chi connectivity index (χ1v) is 11.4. The van der Waals surface area contributed by atoms with Crippen molar-refractivity contribution in [2.45, 2.75) is 44.8 Å². The number of rotatable bonds is 6. The second-order valence-corrected chi connectivity index (χ2v) is 8.62. The highest BCUT2D eigenvalue weighted by Gasteiger charge is 2.47. The van der Waals surface area contributed by atoms with Gasteiger partial charge in [0, 0.05) is 12.0 Å². The molecule has 1 aliphatic rings. The molecule has 4 rings (SSSR count). The molecule has 1 amide bonds. The van der Waals surface area contributed by atoms with Crippen molar-refractivity contribution in [2.24, 2.45) is 0 Å². The summed E-state index contributed by atoms with van der Waals surface area (Å²) in [4.78, 5) is 15.2. The number of ether oxygens (including phenoxy) is 1. The van der Waals surface area contributed by atoms with Crippen LogP contribution in [0.2, 0.25) is 0 Å². The van der Waals surface area contributed by atoms with Crippen LogP contribution in [0.3, 0.4) is 0 Å². The molecule has 1 aliphatic heterocycles. The predicted molar refractivity (Wildman–Crippen MR) is 129 cm³/mol. The maximum Gasteiger partial charge on any atom is 0.410 e. The first-order chi connectivity index (χ1) is 15.6. The highest BCUT2D eigenvalue weighted by atomic mass is 16.6. The molecule has 1 unspecified atom stereocenters. The SMILES string of the molecule is CCC(C)=CC1CC(c2ccccc2)(c2ccccc2)CN1C(=O)OCc1ccccc1. The molecule has 0 bridgehead atoms. The highest BCUT2D eigenvalue weighted by Crippen LogP contribution is 2.44. The van der Waals surface area contributed by atoms with Crippen LogP contribution in [0.25, 0.3) is 0 Å². The molecule has 3 heteroatoms. The van der Waals surface area contributed by atoms with Gasteiger partial charge in [0.1, 0.15) is 6.61 Å². The Morgan fingerprint density at radius 2 is 1.47 bits per heavy atom. The number of carbonyl (C=O) groups excluding carboxylic acids is 1. The third-order valence-corrected chi connectivity index (χ3v) is 6.53. The normalized spacial score (nSPS) is 17.9. The summed E-state index contributed by atoms with van der Waals surface area (Å²) in [6.07, 6.45) is 3.79. The zero-order chi connectivity index (χ0) is 22.4. The quantitative estimate of drug-likeness (QED) is 0.409. The number of nitrogens with zero attached hydrogens (tertiary/aromatic N) is 1. The Hall–Kier alpha value is -3.33. The Morgan fingerprint density at radius 3 is 2.00 bits per heavy atom. The van der Waals surface area contributed by atoms with Gasteiger partial charge in [0.15, 0.2) is 0 Å². The maximum absolute atomic E-state index is 13.3. The summed E-state index contributed by atoms with van der Waals surface area (Å²) in [5.74, 6) is 0. The van der Waals surface area contributed by atoms with E-state index in [2.05, 4.69) is 68.5 Å². The van der Waals surface area contributed by atoms with Gasteiger partial charge in [-0.05, 0) is 36.5 Å². The summed E-state index contributed by atoms with van der Waals surface area (Å²) in [5, 5.41) is 0. The fourth-order valence-electron chi connectivity index (χ4n) is 4.64. The van der Waals surface area contributed by atoms with Gasteiger partial charge >= 0.3 is 6.09 Å². The Kier molecular flexibility index (Phi) is 6.75. The van der Waals surface area contributed by atoms with Crippen molar-refractivity contribution >= 4 is 6.09 Å². The summed E-state index contributed by atoms with van der Waals surface area (Å²) < 4.78 is 5.78. The Balaban J connectivity index is 1.69. The van der Waals surface area contributed by atoms with Gasteiger partial charge in [0.05, 0.1) is 6.04 Å². The molecule has 0 radical (unpaired) electrons. The minimum atomic E-state index is -0.274. The summed E-state index contributed by atoms with van der Waals surface area (Å²) in [7, 11) is 0. The van der Waals surface area contributed by atoms with Crippen molar-refractivity contribution < 1.29 is 9.53 Å². The largest absolute Gasteiger partial charge is 0.445 e. The number of hydrogen-bond acceptors (Lipinski definition) is 2. The van der Waals surface area contributed by atoms with Crippen LogP contribution in [-0.2, 0) is 16.8 Å². The van der Waals surface area contributed by atoms with Crippen LogP contribution >= 0.6 is 0 Å². The summed E-state index contributed by atoms with van der Waals surface area (Å²) in [6, 6.07) is 31.0. The van der Waals surface area contributed by atoms with Gasteiger partial charge in [0.25, 0.3) is 0 Å². The molecule has 32 heavy (non-hydrogen) atoms. The molecule has 3 aromatic rings. The zero-order valence-corrected chi connectivity index (χ0v) is 18.9. The van der Waals surface area contributed by atoms with Crippen molar-refractivity contribution in [3.8, 4) is 0 Å². The first-order valence-electron chi connectivity index (χ1n) is 11.4. The Morgan fingerprint density at radius 1 is 0.938 bits per heavy atom. The molecule has 0 saturated carbocycles. The van der Waals surface area contributed by atoms with Crippen LogP contribution in [0.15, 0.2) is 103 Å². The van der Waals surface area contributed by atoms with E-state index < -0.39 is 0 Å². The molecule has 164 valence electrons. The third-order valence-electron chi connectivity index (χ3n) is 6.53. The molecule has 0 aromatic heterocycles. The van der Waals surface area contributed by atoms with Crippen LogP contribution in [-0.4, -0.2) is 23.6 Å². The number of carbonyl (C=O) groups is 1. The molecule has 0 aliphatic carbocycles. The van der Waals surface area contributed by atoms with Gasteiger partial charge in [-0.25, -0.2) is 4.79 Å². The minimum absolute atomic E-state index is 0.0152. The molecule has 1 atom stereocenters. The standard InChI is InChI=1S/C29H31NO2/c1-3-23(2)19-27-20-29(25-15-9-5-10-16-25,26-17-11-6-12-18-26)22-30(27)28(31)32-21-24-13-7-4-8-14-24/h4-19,27H,3,20-22H2,1-2H3. The molecule has 0 spiro atoms. The fourth-order valence-corrected chi connectivity index (χ4v) is 4.64. The summed E-state index contributed by atoms with van der Waals surface area (Å²) >= 11 is 0. The fraction of sp³-hybridized carbons (Fsp3) is 0.276. The molecular weight excluding hydrogens is 394 g/mol. The lowest BCUT2D eigenvalue weighted by molar-refractivity contribution is 0.0962. The minimum Gasteiger partial charge on any atom is -0.445 e. The van der Waals surface area contributed by atoms with Gasteiger partial charge in [-0.1, -0.05) is 110 Å². The third kappa shape index (κ3) is 4.62. The second kappa shape index (κ2) is 9.86. The van der Waals surface area contributed by atoms with Crippen molar-refractivity contribution in [3.05, 3.63) is 119 Å². The highest BCUT2D eigenvalue weighted by molar-refractivity contribution is 5.70. The van der Waals surface area contributed by atoms with Crippen molar-refractivity contribution in [3.63, 3.8) is 0 Å². The van der Waals surface area contributed by atoms with E-state index in [9.17, 15) is 4.79 Å². The zero-order valence-electron chi connectivity index (χ0n) is 18.9. The Labute approximate surface area is 191 Å². The molecular formula is C29H31NO2. The monoisotopic (exact) mass is 425 g/mol. The molecule has 1 heterocycles. The summed E-state index contributed by atoms with van der Waals surface area (Å²) in [6.45, 7) is 5.16. The second-order valence-electron chi connectivity index (χ2n) is 8.62. The van der Waals surface area contributed by atoms with Crippen LogP contribution < -0.4 is 0 Å². The smallest absolute Gasteiger partial charge is 0.410 e. The van der Waals surface area contributed by atoms with E-state index in [1.807, 2.05) is 47.4 Å². The van der Waals surface area contributed by atoms with Gasteiger partial charge in [-0.3, -0.25) is 0 Å². The topological polar surface area (TPSA) is 29.5 Å². The van der Waals surface area contributed by atoms with E-state index in [4.69, 9.17) is 4.74 Å². The average Bonchev–Trinajstić information content (AvgIpc) is 3.24. The van der Waals surface area contributed by atoms with Crippen molar-refractivity contribution in [1.82, 2.24) is 4.90 Å². The average molecular weight is 426 g/mol. The first kappa shape index (κ1) is 21.9. The number of amides is 1. The predicted octanol–water partition coefficient (Wildman–Crippen LogP) is 6.74. The number of likely N-dealkylation sites (tertiary alicyclic amines) is 1. The van der Waals surface area contributed by atoms with E-state index in [1.54, 1.807) is 0 Å². The summed E-state index contributed by atoms with van der Waals surface area (Å²) in [5.41, 5.74) is 4.47. The van der Waals surface area contributed by atoms with Gasteiger partial charge in [-0.2, -0.15) is 0 Å². The maximum atomic E-state index is 13.3. The molecule has 3 nitrogen and oxygen atoms in total. The number of hydrogen-bond donors (Lipinski definition) is 0. The van der Waals surface area contributed by atoms with Gasteiger partial charge in [0.2, 0.25) is 0 Å². The van der Waals surface area contributed by atoms with Crippen LogP contribution in [0.4, 0.5) is 4.79 Å². The van der Waals surface area contributed by atoms with E-state index in [-0.39, 0.29) is 24.2 Å². The molecule has 1 saturated heterocycles. The van der Waals surface area contributed by atoms with Crippen molar-refractivity contribution in [1.29, 1.82) is 0 Å². The number of benzene rings is 3. The van der Waals surface area contributed by atoms with E-state index >= 15 is 0 Å². The lowest BCUT2D eigenvalue weighted by Gasteiger charge is -2.30. The lowest BCUT2D eigenvalue weighted by Crippen LogP contribution is -2.37. The van der Waals surface area contributed by atoms with Gasteiger partial charge < -0.3 is 9.64 Å². The van der Waals surface area contributed by atoms with E-state index in [1.165, 1.54) is 16.7 Å². The lowest BCUT2D eigenvalue weighted by atomic mass is 9.73. The van der Waals surface area contributed by atoms with Crippen LogP contribution in [0, 0.1) is 0 Å². The number of allylic oxidation sites excluding steroid dienone is 1. The van der Waals surface area contributed by atoms with E-state index in [0.29, 0.717) is 6.54 Å².